The average Bonchev–Trinajstić information content (AvgIpc) is 3.30. The van der Waals surface area contributed by atoms with Crippen LogP contribution in [-0.4, -0.2) is 36.5 Å². The van der Waals surface area contributed by atoms with Gasteiger partial charge in [0.25, 0.3) is 5.91 Å². The molecule has 3 rings (SSSR count). The molecule has 1 aromatic carbocycles. The zero-order chi connectivity index (χ0) is 18.7. The van der Waals surface area contributed by atoms with Gasteiger partial charge in [-0.15, -0.1) is 11.3 Å². The summed E-state index contributed by atoms with van der Waals surface area (Å²) in [6.45, 7) is 2.87. The lowest BCUT2D eigenvalue weighted by molar-refractivity contribution is -0.145. The summed E-state index contributed by atoms with van der Waals surface area (Å²) in [5.74, 6) is 0.129. The molecule has 1 saturated heterocycles. The lowest BCUT2D eigenvalue weighted by Crippen LogP contribution is -2.40. The van der Waals surface area contributed by atoms with Gasteiger partial charge < -0.3 is 14.4 Å². The highest BCUT2D eigenvalue weighted by atomic mass is 35.5. The van der Waals surface area contributed by atoms with Crippen LogP contribution in [0.3, 0.4) is 0 Å². The second-order valence-electron chi connectivity index (χ2n) is 6.22. The number of aryl methyl sites for hydroxylation is 1. The van der Waals surface area contributed by atoms with Crippen molar-refractivity contribution in [3.63, 3.8) is 0 Å². The summed E-state index contributed by atoms with van der Waals surface area (Å²) in [6, 6.07) is 6.93. The molecule has 0 radical (unpaired) electrons. The fourth-order valence-corrected chi connectivity index (χ4v) is 4.00. The molecule has 1 atom stereocenters. The molecule has 0 bridgehead atoms. The fraction of sp³-hybridized carbons (Fsp3) is 0.368. The van der Waals surface area contributed by atoms with E-state index in [1.165, 1.54) is 18.4 Å². The van der Waals surface area contributed by atoms with Crippen LogP contribution in [0.25, 0.3) is 0 Å². The predicted molar refractivity (Wildman–Crippen MR) is 101 cm³/mol. The molecule has 5 nitrogen and oxygen atoms in total. The summed E-state index contributed by atoms with van der Waals surface area (Å²) >= 11 is 7.49. The molecule has 1 fully saturated rings. The zero-order valence-corrected chi connectivity index (χ0v) is 16.2. The number of ether oxygens (including phenoxy) is 2. The summed E-state index contributed by atoms with van der Waals surface area (Å²) < 4.78 is 10.6. The molecule has 1 unspecified atom stereocenters. The molecule has 7 heteroatoms. The van der Waals surface area contributed by atoms with Crippen molar-refractivity contribution >= 4 is 34.8 Å². The second-order valence-corrected chi connectivity index (χ2v) is 7.54. The smallest absolute Gasteiger partial charge is 0.328 e. The van der Waals surface area contributed by atoms with Gasteiger partial charge in [-0.3, -0.25) is 4.79 Å². The van der Waals surface area contributed by atoms with Crippen molar-refractivity contribution in [2.45, 2.75) is 32.4 Å². The summed E-state index contributed by atoms with van der Waals surface area (Å²) in [4.78, 5) is 26.8. The van der Waals surface area contributed by atoms with E-state index in [0.717, 1.165) is 17.5 Å². The van der Waals surface area contributed by atoms with Crippen LogP contribution >= 0.6 is 22.9 Å². The van der Waals surface area contributed by atoms with Gasteiger partial charge in [0.2, 0.25) is 0 Å². The van der Waals surface area contributed by atoms with Crippen LogP contribution in [0.5, 0.6) is 5.75 Å². The number of rotatable bonds is 5. The van der Waals surface area contributed by atoms with Gasteiger partial charge in [0.1, 0.15) is 18.4 Å². The molecule has 1 aromatic heterocycles. The first kappa shape index (κ1) is 18.7. The van der Waals surface area contributed by atoms with Crippen LogP contribution in [0.4, 0.5) is 0 Å². The number of amides is 1. The van der Waals surface area contributed by atoms with Crippen LogP contribution in [0.15, 0.2) is 29.6 Å². The number of esters is 1. The molecule has 26 heavy (non-hydrogen) atoms. The van der Waals surface area contributed by atoms with E-state index in [1.807, 2.05) is 30.5 Å². The molecule has 1 amide bonds. The summed E-state index contributed by atoms with van der Waals surface area (Å²) in [5.41, 5.74) is 1.96. The Bertz CT molecular complexity index is 820. The summed E-state index contributed by atoms with van der Waals surface area (Å²) in [7, 11) is 1.35. The van der Waals surface area contributed by atoms with Gasteiger partial charge in [0, 0.05) is 12.1 Å². The van der Waals surface area contributed by atoms with Gasteiger partial charge in [0.15, 0.2) is 0 Å². The van der Waals surface area contributed by atoms with Gasteiger partial charge in [-0.05, 0) is 48.9 Å². The third-order valence-electron chi connectivity index (χ3n) is 4.33. The maximum atomic E-state index is 12.7. The number of hydrogen-bond donors (Lipinski definition) is 0. The number of hydrogen-bond acceptors (Lipinski definition) is 5. The van der Waals surface area contributed by atoms with E-state index in [-0.39, 0.29) is 11.9 Å². The number of nitrogens with zero attached hydrogens (tertiary/aromatic N) is 1. The normalized spacial score (nSPS) is 16.6. The van der Waals surface area contributed by atoms with Gasteiger partial charge in [-0.25, -0.2) is 4.79 Å². The largest absolute Gasteiger partial charge is 0.487 e. The molecule has 0 saturated carbocycles. The predicted octanol–water partition coefficient (Wildman–Crippen LogP) is 4.07. The number of carbonyl (C=O) groups excluding carboxylic acids is 2. The van der Waals surface area contributed by atoms with E-state index in [1.54, 1.807) is 11.0 Å². The molecule has 2 aromatic rings. The minimum atomic E-state index is -0.486. The number of benzene rings is 1. The van der Waals surface area contributed by atoms with Crippen molar-refractivity contribution in [3.05, 3.63) is 50.7 Å². The van der Waals surface area contributed by atoms with Crippen molar-refractivity contribution in [2.75, 3.05) is 13.7 Å². The Hall–Kier alpha value is -2.05. The monoisotopic (exact) mass is 393 g/mol. The van der Waals surface area contributed by atoms with Crippen molar-refractivity contribution in [2.24, 2.45) is 0 Å². The van der Waals surface area contributed by atoms with Crippen LogP contribution in [0.1, 0.15) is 33.6 Å². The quantitative estimate of drug-likeness (QED) is 0.718. The van der Waals surface area contributed by atoms with E-state index >= 15 is 0 Å². The van der Waals surface area contributed by atoms with E-state index in [9.17, 15) is 9.59 Å². The molecule has 0 N–H and O–H groups in total. The first-order chi connectivity index (χ1) is 12.5. The number of halogens is 1. The maximum absolute atomic E-state index is 12.7. The van der Waals surface area contributed by atoms with E-state index < -0.39 is 6.04 Å². The van der Waals surface area contributed by atoms with Crippen molar-refractivity contribution in [3.8, 4) is 5.75 Å². The Morgan fingerprint density at radius 1 is 1.35 bits per heavy atom. The van der Waals surface area contributed by atoms with Crippen LogP contribution in [0, 0.1) is 6.92 Å². The van der Waals surface area contributed by atoms with Crippen molar-refractivity contribution in [1.82, 2.24) is 4.90 Å². The van der Waals surface area contributed by atoms with Gasteiger partial charge in [-0.2, -0.15) is 0 Å². The molecule has 138 valence electrons. The Morgan fingerprint density at radius 2 is 2.15 bits per heavy atom. The maximum Gasteiger partial charge on any atom is 0.328 e. The van der Waals surface area contributed by atoms with Crippen molar-refractivity contribution < 1.29 is 19.1 Å². The topological polar surface area (TPSA) is 55.8 Å². The van der Waals surface area contributed by atoms with Crippen LogP contribution in [0.2, 0.25) is 5.02 Å². The first-order valence-electron chi connectivity index (χ1n) is 8.34. The zero-order valence-electron chi connectivity index (χ0n) is 14.7. The molecule has 0 spiro atoms. The minimum Gasteiger partial charge on any atom is -0.487 e. The van der Waals surface area contributed by atoms with E-state index in [0.29, 0.717) is 35.2 Å². The minimum absolute atomic E-state index is 0.136. The molecule has 2 heterocycles. The van der Waals surface area contributed by atoms with Gasteiger partial charge in [0.05, 0.1) is 17.0 Å². The fourth-order valence-electron chi connectivity index (χ4n) is 2.98. The highest BCUT2D eigenvalue weighted by Crippen LogP contribution is 2.28. The Balaban J connectivity index is 1.66. The standard InChI is InChI=1S/C19H20ClNO4S/c1-12-5-6-14(20)16(8-12)25-10-13-9-17(26-11-13)18(22)21-7-3-4-15(21)19(23)24-2/h5-6,8-9,11,15H,3-4,7,10H2,1-2H3. The molecule has 1 aliphatic rings. The third-order valence-corrected chi connectivity index (χ3v) is 5.61. The Labute approximate surface area is 161 Å². The lowest BCUT2D eigenvalue weighted by atomic mass is 10.2. The molecule has 1 aliphatic heterocycles. The number of likely N-dealkylation sites (tertiary alicyclic amines) is 1. The lowest BCUT2D eigenvalue weighted by Gasteiger charge is -2.21. The Morgan fingerprint density at radius 3 is 2.92 bits per heavy atom. The van der Waals surface area contributed by atoms with E-state index in [4.69, 9.17) is 21.1 Å². The van der Waals surface area contributed by atoms with Crippen LogP contribution < -0.4 is 4.74 Å². The number of thiophene rings is 1. The summed E-state index contributed by atoms with van der Waals surface area (Å²) in [5, 5.41) is 2.44. The number of methoxy groups -OCH3 is 1. The summed E-state index contributed by atoms with van der Waals surface area (Å²) in [6.07, 6.45) is 1.45. The van der Waals surface area contributed by atoms with Gasteiger partial charge in [-0.1, -0.05) is 17.7 Å². The van der Waals surface area contributed by atoms with Gasteiger partial charge >= 0.3 is 5.97 Å². The van der Waals surface area contributed by atoms with Crippen LogP contribution in [-0.2, 0) is 16.1 Å². The van der Waals surface area contributed by atoms with E-state index in [2.05, 4.69) is 0 Å². The SMILES string of the molecule is COC(=O)C1CCCN1C(=O)c1cc(COc2cc(C)ccc2Cl)cs1. The molecular formula is C19H20ClNO4S. The highest BCUT2D eigenvalue weighted by molar-refractivity contribution is 7.12. The third kappa shape index (κ3) is 4.02. The number of carbonyl (C=O) groups is 2. The molecule has 0 aliphatic carbocycles. The highest BCUT2D eigenvalue weighted by Gasteiger charge is 2.35. The average molecular weight is 394 g/mol. The molecular weight excluding hydrogens is 374 g/mol. The first-order valence-corrected chi connectivity index (χ1v) is 9.60. The Kier molecular flexibility index (Phi) is 5.84. The second kappa shape index (κ2) is 8.10. The van der Waals surface area contributed by atoms with Crippen molar-refractivity contribution in [1.29, 1.82) is 0 Å².